The monoisotopic (exact) mass is 344 g/mol. The largest absolute Gasteiger partial charge is 0.490 e. The quantitative estimate of drug-likeness (QED) is 0.679. The van der Waals surface area contributed by atoms with E-state index < -0.39 is 15.6 Å². The van der Waals surface area contributed by atoms with Gasteiger partial charge >= 0.3 is 0 Å². The summed E-state index contributed by atoms with van der Waals surface area (Å²) in [6.45, 7) is 8.68. The maximum atomic E-state index is 12.7. The van der Waals surface area contributed by atoms with Crippen molar-refractivity contribution in [2.24, 2.45) is 5.73 Å². The predicted molar refractivity (Wildman–Crippen MR) is 91.5 cm³/mol. The van der Waals surface area contributed by atoms with Gasteiger partial charge in [-0.05, 0) is 38.8 Å². The zero-order chi connectivity index (χ0) is 17.5. The van der Waals surface area contributed by atoms with Crippen LogP contribution in [0.1, 0.15) is 40.5 Å². The summed E-state index contributed by atoms with van der Waals surface area (Å²) in [7, 11) is -3.69. The van der Waals surface area contributed by atoms with Crippen LogP contribution in [0.2, 0.25) is 0 Å². The number of nitrogens with one attached hydrogen (secondary N) is 1. The predicted octanol–water partition coefficient (Wildman–Crippen LogP) is 2.28. The van der Waals surface area contributed by atoms with Gasteiger partial charge in [0.15, 0.2) is 11.5 Å². The average molecular weight is 344 g/mol. The van der Waals surface area contributed by atoms with E-state index in [0.29, 0.717) is 37.6 Å². The van der Waals surface area contributed by atoms with Gasteiger partial charge in [0.25, 0.3) is 0 Å². The van der Waals surface area contributed by atoms with E-state index in [1.807, 2.05) is 27.7 Å². The molecule has 7 heteroatoms. The second-order valence-corrected chi connectivity index (χ2v) is 6.95. The van der Waals surface area contributed by atoms with Gasteiger partial charge in [0.05, 0.1) is 18.1 Å². The molecule has 1 aromatic carbocycles. The molecule has 0 aliphatic carbocycles. The highest BCUT2D eigenvalue weighted by Gasteiger charge is 2.31. The number of hydrogen-bond acceptors (Lipinski definition) is 5. The summed E-state index contributed by atoms with van der Waals surface area (Å²) in [5.74, 6) is 0.952. The average Bonchev–Trinajstić information content (AvgIpc) is 2.54. The molecule has 0 amide bonds. The van der Waals surface area contributed by atoms with Crippen LogP contribution in [0, 0.1) is 0 Å². The fourth-order valence-corrected chi connectivity index (χ4v) is 3.84. The Morgan fingerprint density at radius 3 is 2.09 bits per heavy atom. The van der Waals surface area contributed by atoms with Crippen LogP contribution in [0.25, 0.3) is 0 Å². The summed E-state index contributed by atoms with van der Waals surface area (Å²) in [6.07, 6.45) is 1.24. The summed E-state index contributed by atoms with van der Waals surface area (Å²) >= 11 is 0. The first-order chi connectivity index (χ1) is 10.9. The van der Waals surface area contributed by atoms with Gasteiger partial charge < -0.3 is 15.2 Å². The molecule has 0 aromatic heterocycles. The third-order valence-electron chi connectivity index (χ3n) is 3.92. The molecule has 1 rings (SSSR count). The maximum Gasteiger partial charge on any atom is 0.241 e. The molecule has 0 saturated carbocycles. The Bertz CT molecular complexity index is 590. The van der Waals surface area contributed by atoms with Gasteiger partial charge in [0.1, 0.15) is 0 Å². The molecule has 0 unspecified atom stereocenters. The van der Waals surface area contributed by atoms with E-state index in [9.17, 15) is 8.42 Å². The second kappa shape index (κ2) is 8.52. The molecular formula is C16H28N2O4S. The first-order valence-corrected chi connectivity index (χ1v) is 9.50. The molecular weight excluding hydrogens is 316 g/mol. The van der Waals surface area contributed by atoms with E-state index in [4.69, 9.17) is 15.2 Å². The highest BCUT2D eigenvalue weighted by Crippen LogP contribution is 2.31. The minimum absolute atomic E-state index is 0.143. The normalized spacial score (nSPS) is 12.2. The Hall–Kier alpha value is -1.31. The molecule has 0 atom stereocenters. The molecule has 6 nitrogen and oxygen atoms in total. The number of hydrogen-bond donors (Lipinski definition) is 2. The standard InChI is InChI=1S/C16H28N2O4S/c1-5-16(6-2,12-17)18-23(19,20)13-9-10-14(21-7-3)15(11-13)22-8-4/h9-11,18H,5-8,12,17H2,1-4H3. The van der Waals surface area contributed by atoms with Crippen molar-refractivity contribution >= 4 is 10.0 Å². The van der Waals surface area contributed by atoms with Gasteiger partial charge in [-0.25, -0.2) is 13.1 Å². The third kappa shape index (κ3) is 4.83. The first kappa shape index (κ1) is 19.7. The number of benzene rings is 1. The van der Waals surface area contributed by atoms with Crippen LogP contribution < -0.4 is 19.9 Å². The van der Waals surface area contributed by atoms with E-state index in [2.05, 4.69) is 4.72 Å². The topological polar surface area (TPSA) is 90.7 Å². The highest BCUT2D eigenvalue weighted by molar-refractivity contribution is 7.89. The Labute approximate surface area is 139 Å². The van der Waals surface area contributed by atoms with Crippen LogP contribution in [-0.2, 0) is 10.0 Å². The van der Waals surface area contributed by atoms with Crippen molar-refractivity contribution in [2.75, 3.05) is 19.8 Å². The minimum Gasteiger partial charge on any atom is -0.490 e. The lowest BCUT2D eigenvalue weighted by atomic mass is 9.95. The number of nitrogens with two attached hydrogens (primary N) is 1. The molecule has 0 bridgehead atoms. The maximum absolute atomic E-state index is 12.7. The fourth-order valence-electron chi connectivity index (χ4n) is 2.27. The summed E-state index contributed by atoms with van der Waals surface area (Å²) in [4.78, 5) is 0.143. The van der Waals surface area contributed by atoms with Crippen molar-refractivity contribution < 1.29 is 17.9 Å². The van der Waals surface area contributed by atoms with Crippen molar-refractivity contribution in [2.45, 2.75) is 51.0 Å². The van der Waals surface area contributed by atoms with E-state index in [-0.39, 0.29) is 11.4 Å². The fraction of sp³-hybridized carbons (Fsp3) is 0.625. The molecule has 1 aromatic rings. The second-order valence-electron chi connectivity index (χ2n) is 5.27. The zero-order valence-electron chi connectivity index (χ0n) is 14.4. The van der Waals surface area contributed by atoms with Gasteiger partial charge in [-0.15, -0.1) is 0 Å². The lowest BCUT2D eigenvalue weighted by Gasteiger charge is -2.31. The Kier molecular flexibility index (Phi) is 7.31. The van der Waals surface area contributed by atoms with E-state index in [0.717, 1.165) is 0 Å². The molecule has 3 N–H and O–H groups in total. The molecule has 0 spiro atoms. The highest BCUT2D eigenvalue weighted by atomic mass is 32.2. The minimum atomic E-state index is -3.69. The molecule has 23 heavy (non-hydrogen) atoms. The van der Waals surface area contributed by atoms with E-state index in [1.165, 1.54) is 12.1 Å². The van der Waals surface area contributed by atoms with Crippen LogP contribution >= 0.6 is 0 Å². The lowest BCUT2D eigenvalue weighted by Crippen LogP contribution is -2.52. The van der Waals surface area contributed by atoms with Gasteiger partial charge in [-0.2, -0.15) is 0 Å². The van der Waals surface area contributed by atoms with Gasteiger partial charge in [0, 0.05) is 18.2 Å². The molecule has 0 radical (unpaired) electrons. The van der Waals surface area contributed by atoms with Crippen LogP contribution in [0.4, 0.5) is 0 Å². The first-order valence-electron chi connectivity index (χ1n) is 8.01. The molecule has 0 aliphatic rings. The SMILES string of the molecule is CCOc1ccc(S(=O)(=O)NC(CC)(CC)CN)cc1OCC. The lowest BCUT2D eigenvalue weighted by molar-refractivity contribution is 0.287. The Balaban J connectivity index is 3.20. The van der Waals surface area contributed by atoms with Crippen LogP contribution in [0.5, 0.6) is 11.5 Å². The molecule has 0 heterocycles. The van der Waals surface area contributed by atoms with Gasteiger partial charge in [-0.1, -0.05) is 13.8 Å². The van der Waals surface area contributed by atoms with Crippen LogP contribution in [0.15, 0.2) is 23.1 Å². The van der Waals surface area contributed by atoms with Crippen molar-refractivity contribution in [3.05, 3.63) is 18.2 Å². The summed E-state index contributed by atoms with van der Waals surface area (Å²) < 4.78 is 39.1. The molecule has 0 saturated heterocycles. The van der Waals surface area contributed by atoms with Crippen LogP contribution in [-0.4, -0.2) is 33.7 Å². The van der Waals surface area contributed by atoms with Crippen molar-refractivity contribution in [3.63, 3.8) is 0 Å². The molecule has 132 valence electrons. The zero-order valence-corrected chi connectivity index (χ0v) is 15.2. The molecule has 0 aliphatic heterocycles. The van der Waals surface area contributed by atoms with Gasteiger partial charge in [0.2, 0.25) is 10.0 Å². The number of sulfonamides is 1. The van der Waals surface area contributed by atoms with Crippen molar-refractivity contribution in [1.82, 2.24) is 4.72 Å². The smallest absolute Gasteiger partial charge is 0.241 e. The third-order valence-corrected chi connectivity index (χ3v) is 5.50. The van der Waals surface area contributed by atoms with Crippen molar-refractivity contribution in [1.29, 1.82) is 0 Å². The number of ether oxygens (including phenoxy) is 2. The Morgan fingerprint density at radius 1 is 1.04 bits per heavy atom. The summed E-state index contributed by atoms with van der Waals surface area (Å²) in [6, 6.07) is 4.62. The summed E-state index contributed by atoms with van der Waals surface area (Å²) in [5, 5.41) is 0. The summed E-state index contributed by atoms with van der Waals surface area (Å²) in [5.41, 5.74) is 5.15. The van der Waals surface area contributed by atoms with Crippen LogP contribution in [0.3, 0.4) is 0 Å². The number of rotatable bonds is 10. The van der Waals surface area contributed by atoms with Gasteiger partial charge in [-0.3, -0.25) is 0 Å². The van der Waals surface area contributed by atoms with E-state index in [1.54, 1.807) is 6.07 Å². The molecule has 0 fully saturated rings. The Morgan fingerprint density at radius 2 is 1.61 bits per heavy atom. The van der Waals surface area contributed by atoms with E-state index >= 15 is 0 Å². The van der Waals surface area contributed by atoms with Crippen molar-refractivity contribution in [3.8, 4) is 11.5 Å².